The van der Waals surface area contributed by atoms with Crippen molar-refractivity contribution in [3.05, 3.63) is 27.9 Å². The van der Waals surface area contributed by atoms with Crippen LogP contribution in [0.4, 0.5) is 0 Å². The van der Waals surface area contributed by atoms with Crippen LogP contribution in [0.5, 0.6) is 0 Å². The van der Waals surface area contributed by atoms with Crippen LogP contribution in [0.15, 0.2) is 10.9 Å². The van der Waals surface area contributed by atoms with Gasteiger partial charge in [-0.3, -0.25) is 20.7 Å². The second-order valence-electron chi connectivity index (χ2n) is 3.70. The Labute approximate surface area is 121 Å². The number of aromatic amines is 1. The van der Waals surface area contributed by atoms with Gasteiger partial charge in [-0.25, -0.2) is 4.98 Å². The summed E-state index contributed by atoms with van der Waals surface area (Å²) in [6.07, 6.45) is 0. The average Bonchev–Trinajstić information content (AvgIpc) is 2.77. The Balaban J connectivity index is 2.27. The van der Waals surface area contributed by atoms with Gasteiger partial charge in [0, 0.05) is 11.8 Å². The fraction of sp³-hybridized carbons (Fsp3) is 0.222. The molecule has 0 saturated carbocycles. The normalized spacial score (nSPS) is 10.8. The van der Waals surface area contributed by atoms with Crippen molar-refractivity contribution >= 4 is 39.6 Å². The highest BCUT2D eigenvalue weighted by atomic mass is 32.2. The molecule has 0 radical (unpaired) electrons. The molecule has 7 N–H and O–H groups in total. The Morgan fingerprint density at radius 2 is 1.90 bits per heavy atom. The number of hydrogen-bond acceptors (Lipinski definition) is 7. The van der Waals surface area contributed by atoms with Crippen LogP contribution in [-0.4, -0.2) is 29.9 Å². The highest BCUT2D eigenvalue weighted by molar-refractivity contribution is 8.13. The van der Waals surface area contributed by atoms with E-state index in [0.717, 1.165) is 23.5 Å². The van der Waals surface area contributed by atoms with Crippen LogP contribution in [0.2, 0.25) is 0 Å². The molecule has 2 heterocycles. The van der Waals surface area contributed by atoms with E-state index in [-0.39, 0.29) is 21.7 Å². The summed E-state index contributed by atoms with van der Waals surface area (Å²) in [5, 5.41) is 17.0. The summed E-state index contributed by atoms with van der Waals surface area (Å²) >= 11 is 2.19. The molecule has 2 aromatic rings. The molecule has 9 nitrogen and oxygen atoms in total. The maximum atomic E-state index is 11.9. The Hall–Kier alpha value is -2.01. The van der Waals surface area contributed by atoms with Gasteiger partial charge in [-0.1, -0.05) is 23.5 Å². The third-order valence-electron chi connectivity index (χ3n) is 2.17. The fourth-order valence-electron chi connectivity index (χ4n) is 1.41. The fourth-order valence-corrected chi connectivity index (χ4v) is 2.28. The van der Waals surface area contributed by atoms with Crippen molar-refractivity contribution in [3.63, 3.8) is 0 Å². The lowest BCUT2D eigenvalue weighted by molar-refractivity contribution is 0.869. The highest BCUT2D eigenvalue weighted by Gasteiger charge is 2.09. The van der Waals surface area contributed by atoms with Gasteiger partial charge in [0.15, 0.2) is 10.3 Å². The lowest BCUT2D eigenvalue weighted by Gasteiger charge is -1.98. The minimum absolute atomic E-state index is 0.0238. The van der Waals surface area contributed by atoms with E-state index in [0.29, 0.717) is 23.0 Å². The van der Waals surface area contributed by atoms with E-state index in [1.807, 2.05) is 0 Å². The van der Waals surface area contributed by atoms with Crippen LogP contribution in [0, 0.1) is 10.8 Å². The number of amidine groups is 2. The van der Waals surface area contributed by atoms with Crippen LogP contribution in [0.3, 0.4) is 0 Å². The van der Waals surface area contributed by atoms with Crippen molar-refractivity contribution in [2.45, 2.75) is 11.5 Å². The zero-order valence-electron chi connectivity index (χ0n) is 10.2. The minimum Gasteiger partial charge on any atom is -0.379 e. The summed E-state index contributed by atoms with van der Waals surface area (Å²) in [6, 6.07) is 1.36. The molecule has 0 bridgehead atoms. The third-order valence-corrected chi connectivity index (χ3v) is 3.65. The number of nitrogens with zero attached hydrogens (tertiary/aromatic N) is 3. The van der Waals surface area contributed by atoms with Gasteiger partial charge in [-0.2, -0.15) is 9.50 Å². The standard InChI is InChI=1S/C9H12N8OS2/c10-7(11)19-2-4-1-6(18)17-9(14-4)15-5(16-17)3-20-8(12)13/h1H,2-3H2,(H3,10,11)(H3,12,13)(H,14,15,16). The van der Waals surface area contributed by atoms with E-state index >= 15 is 0 Å². The first-order valence-electron chi connectivity index (χ1n) is 5.37. The van der Waals surface area contributed by atoms with Gasteiger partial charge in [0.05, 0.1) is 11.4 Å². The van der Waals surface area contributed by atoms with Gasteiger partial charge in [0.1, 0.15) is 5.82 Å². The molecule has 0 aromatic carbocycles. The smallest absolute Gasteiger partial charge is 0.274 e. The molecule has 106 valence electrons. The number of hydrogen-bond donors (Lipinski definition) is 5. The summed E-state index contributed by atoms with van der Waals surface area (Å²) in [6.45, 7) is 0. The molecule has 0 atom stereocenters. The Bertz CT molecular complexity index is 720. The van der Waals surface area contributed by atoms with Gasteiger partial charge in [-0.05, 0) is 0 Å². The van der Waals surface area contributed by atoms with E-state index < -0.39 is 0 Å². The SMILES string of the molecule is N=C(N)SCc1cc(=O)n2[nH]c(CSC(=N)N)nc2n1. The zero-order chi connectivity index (χ0) is 14.7. The van der Waals surface area contributed by atoms with Crippen molar-refractivity contribution < 1.29 is 0 Å². The number of nitrogens with one attached hydrogen (secondary N) is 3. The largest absolute Gasteiger partial charge is 0.379 e. The maximum absolute atomic E-state index is 11.9. The Morgan fingerprint density at radius 1 is 1.25 bits per heavy atom. The molecule has 0 aliphatic carbocycles. The number of fused-ring (bicyclic) bond motifs is 1. The summed E-state index contributed by atoms with van der Waals surface area (Å²) in [5.41, 5.74) is 10.7. The Morgan fingerprint density at radius 3 is 2.55 bits per heavy atom. The van der Waals surface area contributed by atoms with Crippen LogP contribution in [-0.2, 0) is 11.5 Å². The van der Waals surface area contributed by atoms with Crippen LogP contribution in [0.1, 0.15) is 11.5 Å². The molecule has 0 fully saturated rings. The molecule has 20 heavy (non-hydrogen) atoms. The molecule has 0 aliphatic rings. The van der Waals surface area contributed by atoms with Gasteiger partial charge in [0.2, 0.25) is 0 Å². The first-order chi connectivity index (χ1) is 9.45. The van der Waals surface area contributed by atoms with Crippen molar-refractivity contribution in [2.24, 2.45) is 11.5 Å². The highest BCUT2D eigenvalue weighted by Crippen LogP contribution is 2.10. The Kier molecular flexibility index (Phi) is 4.29. The number of thioether (sulfide) groups is 2. The monoisotopic (exact) mass is 312 g/mol. The average molecular weight is 312 g/mol. The second kappa shape index (κ2) is 5.96. The summed E-state index contributed by atoms with van der Waals surface area (Å²) < 4.78 is 1.22. The molecule has 2 rings (SSSR count). The lowest BCUT2D eigenvalue weighted by Crippen LogP contribution is -2.16. The molecule has 11 heteroatoms. The summed E-state index contributed by atoms with van der Waals surface area (Å²) in [4.78, 5) is 20.3. The molecule has 0 aliphatic heterocycles. The number of H-pyrrole nitrogens is 1. The molecule has 0 spiro atoms. The second-order valence-corrected chi connectivity index (χ2v) is 5.73. The minimum atomic E-state index is -0.291. The van der Waals surface area contributed by atoms with Crippen LogP contribution < -0.4 is 17.0 Å². The van der Waals surface area contributed by atoms with Crippen LogP contribution >= 0.6 is 23.5 Å². The quantitative estimate of drug-likeness (QED) is 0.381. The maximum Gasteiger partial charge on any atom is 0.274 e. The zero-order valence-corrected chi connectivity index (χ0v) is 11.8. The van der Waals surface area contributed by atoms with Gasteiger partial charge in [0.25, 0.3) is 11.3 Å². The summed E-state index contributed by atoms with van der Waals surface area (Å²) in [5.74, 6) is 1.45. The van der Waals surface area contributed by atoms with E-state index in [2.05, 4.69) is 15.1 Å². The van der Waals surface area contributed by atoms with Gasteiger partial charge in [-0.15, -0.1) is 0 Å². The molecule has 0 saturated heterocycles. The van der Waals surface area contributed by atoms with Crippen LogP contribution in [0.25, 0.3) is 5.78 Å². The van der Waals surface area contributed by atoms with Gasteiger partial charge >= 0.3 is 0 Å². The first-order valence-corrected chi connectivity index (χ1v) is 7.34. The van der Waals surface area contributed by atoms with E-state index in [9.17, 15) is 4.79 Å². The predicted molar refractivity (Wildman–Crippen MR) is 80.0 cm³/mol. The molecular formula is C9H12N8OS2. The molecule has 2 aromatic heterocycles. The lowest BCUT2D eigenvalue weighted by atomic mass is 10.4. The van der Waals surface area contributed by atoms with E-state index in [1.165, 1.54) is 10.6 Å². The summed E-state index contributed by atoms with van der Waals surface area (Å²) in [7, 11) is 0. The third kappa shape index (κ3) is 3.51. The molecule has 0 amide bonds. The topological polar surface area (TPSA) is 163 Å². The van der Waals surface area contributed by atoms with Crippen molar-refractivity contribution in [1.29, 1.82) is 10.8 Å². The van der Waals surface area contributed by atoms with Crippen molar-refractivity contribution in [2.75, 3.05) is 0 Å². The van der Waals surface area contributed by atoms with Crippen molar-refractivity contribution in [1.82, 2.24) is 19.6 Å². The van der Waals surface area contributed by atoms with E-state index in [4.69, 9.17) is 22.3 Å². The van der Waals surface area contributed by atoms with E-state index in [1.54, 1.807) is 0 Å². The van der Waals surface area contributed by atoms with Crippen molar-refractivity contribution in [3.8, 4) is 0 Å². The first kappa shape index (κ1) is 14.4. The number of nitrogens with two attached hydrogens (primary N) is 2. The van der Waals surface area contributed by atoms with Gasteiger partial charge < -0.3 is 11.5 Å². The molecule has 0 unspecified atom stereocenters. The number of rotatable bonds is 4. The number of aromatic nitrogens is 4. The molecular weight excluding hydrogens is 300 g/mol. The predicted octanol–water partition coefficient (Wildman–Crippen LogP) is -0.329.